The van der Waals surface area contributed by atoms with Crippen LogP contribution in [0.25, 0.3) is 5.52 Å². The van der Waals surface area contributed by atoms with Crippen LogP contribution in [0.15, 0.2) is 47.2 Å². The summed E-state index contributed by atoms with van der Waals surface area (Å²) in [7, 11) is 0. The molecular weight excluding hydrogens is 344 g/mol. The molecule has 0 aliphatic carbocycles. The number of aromatic nitrogens is 2. The van der Waals surface area contributed by atoms with Crippen molar-refractivity contribution in [2.24, 2.45) is 0 Å². The molecule has 0 fully saturated rings. The van der Waals surface area contributed by atoms with E-state index in [0.29, 0.717) is 24.4 Å². The molecule has 142 valence electrons. The van der Waals surface area contributed by atoms with Gasteiger partial charge in [-0.25, -0.2) is 4.98 Å². The average Bonchev–Trinajstić information content (AvgIpc) is 3.33. The van der Waals surface area contributed by atoms with E-state index < -0.39 is 0 Å². The third kappa shape index (κ3) is 4.02. The van der Waals surface area contributed by atoms with Crippen LogP contribution in [0, 0.1) is 0 Å². The number of pyridine rings is 1. The summed E-state index contributed by atoms with van der Waals surface area (Å²) >= 11 is 0. The van der Waals surface area contributed by atoms with Gasteiger partial charge in [0.25, 0.3) is 11.8 Å². The third-order valence-corrected chi connectivity index (χ3v) is 4.23. The molecule has 7 nitrogen and oxygen atoms in total. The van der Waals surface area contributed by atoms with E-state index in [9.17, 15) is 9.59 Å². The van der Waals surface area contributed by atoms with Crippen molar-refractivity contribution in [2.45, 2.75) is 33.2 Å². The van der Waals surface area contributed by atoms with Gasteiger partial charge in [-0.3, -0.25) is 14.0 Å². The molecule has 0 aromatic carbocycles. The Kier molecular flexibility index (Phi) is 5.90. The van der Waals surface area contributed by atoms with Gasteiger partial charge in [0, 0.05) is 19.3 Å². The van der Waals surface area contributed by atoms with Gasteiger partial charge in [-0.2, -0.15) is 0 Å². The van der Waals surface area contributed by atoms with Crippen molar-refractivity contribution in [1.82, 2.24) is 19.6 Å². The van der Waals surface area contributed by atoms with E-state index in [4.69, 9.17) is 4.42 Å². The Morgan fingerprint density at radius 3 is 2.59 bits per heavy atom. The van der Waals surface area contributed by atoms with E-state index >= 15 is 0 Å². The summed E-state index contributed by atoms with van der Waals surface area (Å²) in [5.74, 6) is 0.410. The average molecular weight is 368 g/mol. The van der Waals surface area contributed by atoms with Crippen LogP contribution in [0.4, 0.5) is 0 Å². The van der Waals surface area contributed by atoms with Crippen LogP contribution in [0.5, 0.6) is 0 Å². The first-order chi connectivity index (χ1) is 13.2. The molecule has 2 amide bonds. The normalized spacial score (nSPS) is 10.9. The Morgan fingerprint density at radius 2 is 1.93 bits per heavy atom. The Labute approximate surface area is 158 Å². The maximum atomic E-state index is 13.0. The highest BCUT2D eigenvalue weighted by molar-refractivity contribution is 6.02. The lowest BCUT2D eigenvalue weighted by Crippen LogP contribution is -2.33. The van der Waals surface area contributed by atoms with Crippen LogP contribution in [-0.4, -0.2) is 39.2 Å². The predicted octanol–water partition coefficient (Wildman–Crippen LogP) is 3.12. The zero-order valence-electron chi connectivity index (χ0n) is 15.6. The van der Waals surface area contributed by atoms with Gasteiger partial charge in [0.2, 0.25) is 5.82 Å². The fraction of sp³-hybridized carbons (Fsp3) is 0.350. The molecular formula is C20H24N4O3. The summed E-state index contributed by atoms with van der Waals surface area (Å²) in [6, 6.07) is 8.98. The zero-order valence-corrected chi connectivity index (χ0v) is 15.6. The minimum Gasteiger partial charge on any atom is -0.467 e. The van der Waals surface area contributed by atoms with Crippen LogP contribution in [0.1, 0.15) is 53.6 Å². The second-order valence-electron chi connectivity index (χ2n) is 6.29. The topological polar surface area (TPSA) is 79.8 Å². The molecule has 0 saturated carbocycles. The van der Waals surface area contributed by atoms with Crippen LogP contribution >= 0.6 is 0 Å². The van der Waals surface area contributed by atoms with Crippen molar-refractivity contribution >= 4 is 17.3 Å². The van der Waals surface area contributed by atoms with E-state index in [1.165, 1.54) is 0 Å². The summed E-state index contributed by atoms with van der Waals surface area (Å²) in [5.41, 5.74) is 0.837. The fourth-order valence-corrected chi connectivity index (χ4v) is 3.02. The van der Waals surface area contributed by atoms with E-state index in [0.717, 1.165) is 12.8 Å². The van der Waals surface area contributed by atoms with E-state index in [1.807, 2.05) is 26.0 Å². The zero-order chi connectivity index (χ0) is 19.2. The molecule has 0 spiro atoms. The number of hydrogen-bond donors (Lipinski definition) is 1. The number of hydrogen-bond acceptors (Lipinski definition) is 4. The maximum Gasteiger partial charge on any atom is 0.290 e. The number of nitrogens with zero attached hydrogens (tertiary/aromatic N) is 3. The lowest BCUT2D eigenvalue weighted by molar-refractivity contribution is 0.0742. The number of fused-ring (bicyclic) bond motifs is 1. The molecule has 0 unspecified atom stereocenters. The number of nitrogens with one attached hydrogen (secondary N) is 1. The largest absolute Gasteiger partial charge is 0.467 e. The van der Waals surface area contributed by atoms with Gasteiger partial charge in [0.15, 0.2) is 5.69 Å². The molecule has 0 radical (unpaired) electrons. The quantitative estimate of drug-likeness (QED) is 0.662. The van der Waals surface area contributed by atoms with Crippen molar-refractivity contribution < 1.29 is 14.0 Å². The summed E-state index contributed by atoms with van der Waals surface area (Å²) in [5, 5.41) is 2.79. The SMILES string of the molecule is CCCN(CCC)C(=O)c1nc(C(=O)NCc2ccco2)c2ccccn12. The van der Waals surface area contributed by atoms with Crippen molar-refractivity contribution in [2.75, 3.05) is 13.1 Å². The molecule has 7 heteroatoms. The van der Waals surface area contributed by atoms with E-state index in [1.54, 1.807) is 40.0 Å². The lowest BCUT2D eigenvalue weighted by Gasteiger charge is -2.20. The van der Waals surface area contributed by atoms with Crippen LogP contribution in [-0.2, 0) is 6.54 Å². The molecule has 1 N–H and O–H groups in total. The highest BCUT2D eigenvalue weighted by Crippen LogP contribution is 2.16. The molecule has 0 atom stereocenters. The highest BCUT2D eigenvalue weighted by atomic mass is 16.3. The fourth-order valence-electron chi connectivity index (χ4n) is 3.02. The molecule has 0 aliphatic heterocycles. The van der Waals surface area contributed by atoms with Crippen LogP contribution < -0.4 is 5.32 Å². The minimum atomic E-state index is -0.341. The minimum absolute atomic E-state index is 0.162. The number of imidazole rings is 1. The van der Waals surface area contributed by atoms with Crippen molar-refractivity contribution in [3.63, 3.8) is 0 Å². The van der Waals surface area contributed by atoms with Gasteiger partial charge in [-0.1, -0.05) is 19.9 Å². The molecule has 3 aromatic heterocycles. The van der Waals surface area contributed by atoms with Crippen LogP contribution in [0.2, 0.25) is 0 Å². The number of carbonyl (C=O) groups is 2. The van der Waals surface area contributed by atoms with Gasteiger partial charge in [0.05, 0.1) is 18.3 Å². The molecule has 0 saturated heterocycles. The molecule has 3 heterocycles. The Hall–Kier alpha value is -3.09. The van der Waals surface area contributed by atoms with Gasteiger partial charge in [-0.15, -0.1) is 0 Å². The maximum absolute atomic E-state index is 13.0. The first-order valence-electron chi connectivity index (χ1n) is 9.22. The number of carbonyl (C=O) groups excluding carboxylic acids is 2. The molecule has 27 heavy (non-hydrogen) atoms. The Morgan fingerprint density at radius 1 is 1.15 bits per heavy atom. The number of amides is 2. The first kappa shape index (κ1) is 18.7. The Bertz CT molecular complexity index is 909. The summed E-state index contributed by atoms with van der Waals surface area (Å²) < 4.78 is 6.92. The smallest absolute Gasteiger partial charge is 0.290 e. The highest BCUT2D eigenvalue weighted by Gasteiger charge is 2.24. The predicted molar refractivity (Wildman–Crippen MR) is 102 cm³/mol. The lowest BCUT2D eigenvalue weighted by atomic mass is 10.3. The van der Waals surface area contributed by atoms with Crippen molar-refractivity contribution in [1.29, 1.82) is 0 Å². The van der Waals surface area contributed by atoms with Crippen molar-refractivity contribution in [3.05, 3.63) is 60.1 Å². The first-order valence-corrected chi connectivity index (χ1v) is 9.22. The van der Waals surface area contributed by atoms with E-state index in [-0.39, 0.29) is 29.9 Å². The molecule has 3 aromatic rings. The molecule has 0 aliphatic rings. The van der Waals surface area contributed by atoms with Gasteiger partial charge < -0.3 is 14.6 Å². The monoisotopic (exact) mass is 368 g/mol. The van der Waals surface area contributed by atoms with Gasteiger partial charge in [-0.05, 0) is 37.1 Å². The second-order valence-corrected chi connectivity index (χ2v) is 6.29. The standard InChI is InChI=1S/C20H24N4O3/c1-3-10-23(11-4-2)20(26)18-22-17(16-9-5-6-12-24(16)18)19(25)21-14-15-8-7-13-27-15/h5-9,12-13H,3-4,10-11,14H2,1-2H3,(H,21,25). The molecule has 0 bridgehead atoms. The third-order valence-electron chi connectivity index (χ3n) is 4.23. The Balaban J connectivity index is 1.90. The number of furan rings is 1. The second kappa shape index (κ2) is 8.53. The summed E-state index contributed by atoms with van der Waals surface area (Å²) in [6.07, 6.45) is 5.05. The number of rotatable bonds is 8. The van der Waals surface area contributed by atoms with Gasteiger partial charge >= 0.3 is 0 Å². The van der Waals surface area contributed by atoms with Crippen molar-refractivity contribution in [3.8, 4) is 0 Å². The van der Waals surface area contributed by atoms with E-state index in [2.05, 4.69) is 10.3 Å². The molecule has 3 rings (SSSR count). The van der Waals surface area contributed by atoms with Crippen LogP contribution in [0.3, 0.4) is 0 Å². The summed E-state index contributed by atoms with van der Waals surface area (Å²) in [4.78, 5) is 31.9. The van der Waals surface area contributed by atoms with Gasteiger partial charge in [0.1, 0.15) is 5.76 Å². The summed E-state index contributed by atoms with van der Waals surface area (Å²) in [6.45, 7) is 5.65.